The largest absolute Gasteiger partial charge is 0.395 e. The van der Waals surface area contributed by atoms with Crippen LogP contribution >= 0.6 is 0 Å². The predicted octanol–water partition coefficient (Wildman–Crippen LogP) is -0.368. The molecule has 0 spiro atoms. The molecule has 0 aromatic heterocycles. The molecule has 0 aliphatic heterocycles. The number of aliphatic hydroxyl groups excluding tert-OH is 3. The molecule has 0 rings (SSSR count). The first-order valence-corrected chi connectivity index (χ1v) is 7.77. The third-order valence-electron chi connectivity index (χ3n) is 3.22. The van der Waals surface area contributed by atoms with Gasteiger partial charge in [-0.25, -0.2) is 0 Å². The van der Waals surface area contributed by atoms with Gasteiger partial charge in [-0.3, -0.25) is 9.45 Å². The van der Waals surface area contributed by atoms with E-state index in [0.717, 1.165) is 4.90 Å². The van der Waals surface area contributed by atoms with Crippen LogP contribution in [0, 0.1) is 5.92 Å². The first-order valence-electron chi connectivity index (χ1n) is 6.27. The number of β-amino-alcohol motifs (C(OH)–C–C–N with tert-alkyl or cyclic N) is 1. The van der Waals surface area contributed by atoms with E-state index in [0.29, 0.717) is 12.8 Å². The molecule has 7 nitrogen and oxygen atoms in total. The van der Waals surface area contributed by atoms with E-state index in [4.69, 9.17) is 9.66 Å². The summed E-state index contributed by atoms with van der Waals surface area (Å²) in [5.74, 6) is 0.141. The smallest absolute Gasteiger partial charge is 0.306 e. The summed E-state index contributed by atoms with van der Waals surface area (Å²) in [6.07, 6.45) is 0.792. The Hall–Kier alpha value is -0.250. The molecular formula is C11H25NO6S. The molecule has 0 aliphatic rings. The first-order chi connectivity index (χ1) is 8.64. The van der Waals surface area contributed by atoms with Gasteiger partial charge < -0.3 is 15.3 Å². The molecule has 0 aromatic carbocycles. The molecule has 0 saturated heterocycles. The van der Waals surface area contributed by atoms with Gasteiger partial charge in [0.15, 0.2) is 0 Å². The lowest BCUT2D eigenvalue weighted by Gasteiger charge is -2.44. The van der Waals surface area contributed by atoms with Gasteiger partial charge in [0.25, 0.3) is 0 Å². The second kappa shape index (κ2) is 7.51. The maximum atomic E-state index is 11.1. The van der Waals surface area contributed by atoms with Gasteiger partial charge in [-0.1, -0.05) is 20.8 Å². The van der Waals surface area contributed by atoms with Crippen molar-refractivity contribution in [3.63, 3.8) is 0 Å². The van der Waals surface area contributed by atoms with E-state index in [1.807, 2.05) is 13.8 Å². The average molecular weight is 299 g/mol. The fourth-order valence-corrected chi connectivity index (χ4v) is 2.99. The molecule has 0 fully saturated rings. The zero-order valence-corrected chi connectivity index (χ0v) is 12.5. The van der Waals surface area contributed by atoms with Crippen LogP contribution in [-0.2, 0) is 10.1 Å². The number of hydrogen-bond acceptors (Lipinski definition) is 6. The summed E-state index contributed by atoms with van der Waals surface area (Å²) in [5.41, 5.74) is -3.17. The van der Waals surface area contributed by atoms with Crippen molar-refractivity contribution in [3.05, 3.63) is 0 Å². The fourth-order valence-electron chi connectivity index (χ4n) is 2.34. The second-order valence-corrected chi connectivity index (χ2v) is 6.54. The van der Waals surface area contributed by atoms with E-state index in [2.05, 4.69) is 0 Å². The molecule has 2 unspecified atom stereocenters. The van der Waals surface area contributed by atoms with Gasteiger partial charge >= 0.3 is 10.1 Å². The van der Waals surface area contributed by atoms with Gasteiger partial charge in [0.05, 0.1) is 13.2 Å². The van der Waals surface area contributed by atoms with Gasteiger partial charge in [-0.05, 0) is 18.8 Å². The Balaban J connectivity index is 5.51. The topological polar surface area (TPSA) is 118 Å². The molecule has 0 heterocycles. The number of aliphatic hydroxyl groups is 3. The zero-order chi connectivity index (χ0) is 15.3. The Morgan fingerprint density at radius 1 is 1.26 bits per heavy atom. The normalized spacial score (nSPS) is 17.7. The fraction of sp³-hybridized carbons (Fsp3) is 1.00. The van der Waals surface area contributed by atoms with Crippen LogP contribution in [-0.4, -0.2) is 64.0 Å². The monoisotopic (exact) mass is 299 g/mol. The molecule has 0 radical (unpaired) electrons. The van der Waals surface area contributed by atoms with Crippen molar-refractivity contribution >= 4 is 10.1 Å². The standard InChI is InChI=1S/C11H25NO6S/c1-4-11(8-14,7-9(2)3)12(5-6-13)10(15)19(16,17)18/h9-10,13-15H,4-8H2,1-3H3,(H,16,17,18). The van der Waals surface area contributed by atoms with Crippen LogP contribution in [0.1, 0.15) is 33.6 Å². The zero-order valence-electron chi connectivity index (χ0n) is 11.7. The quantitative estimate of drug-likeness (QED) is 0.339. The highest BCUT2D eigenvalue weighted by molar-refractivity contribution is 7.86. The Kier molecular flexibility index (Phi) is 7.41. The van der Waals surface area contributed by atoms with Gasteiger partial charge in [0, 0.05) is 12.1 Å². The van der Waals surface area contributed by atoms with Crippen molar-refractivity contribution in [2.24, 2.45) is 5.92 Å². The Bertz CT molecular complexity index is 352. The Morgan fingerprint density at radius 3 is 2.05 bits per heavy atom. The molecule has 0 aromatic rings. The van der Waals surface area contributed by atoms with E-state index in [-0.39, 0.29) is 19.1 Å². The second-order valence-electron chi connectivity index (χ2n) is 5.09. The molecule has 0 bridgehead atoms. The molecule has 0 amide bonds. The van der Waals surface area contributed by atoms with Crippen LogP contribution in [0.25, 0.3) is 0 Å². The number of nitrogens with zero attached hydrogens (tertiary/aromatic N) is 1. The third kappa shape index (κ3) is 4.97. The molecule has 2 atom stereocenters. The van der Waals surface area contributed by atoms with Crippen molar-refractivity contribution in [1.82, 2.24) is 4.90 Å². The van der Waals surface area contributed by atoms with Gasteiger partial charge in [-0.2, -0.15) is 8.42 Å². The van der Waals surface area contributed by atoms with Crippen LogP contribution in [0.3, 0.4) is 0 Å². The summed E-state index contributed by atoms with van der Waals surface area (Å²) < 4.78 is 31.2. The number of hydrogen-bond donors (Lipinski definition) is 4. The summed E-state index contributed by atoms with van der Waals surface area (Å²) in [6, 6.07) is 0. The summed E-state index contributed by atoms with van der Waals surface area (Å²) in [4.78, 5) is 1.04. The van der Waals surface area contributed by atoms with E-state index in [1.165, 1.54) is 0 Å². The van der Waals surface area contributed by atoms with Crippen LogP contribution in [0.15, 0.2) is 0 Å². The van der Waals surface area contributed by atoms with Crippen molar-refractivity contribution in [3.8, 4) is 0 Å². The Morgan fingerprint density at radius 2 is 1.79 bits per heavy atom. The van der Waals surface area contributed by atoms with E-state index < -0.39 is 27.8 Å². The average Bonchev–Trinajstić information content (AvgIpc) is 2.31. The number of rotatable bonds is 9. The first kappa shape index (κ1) is 18.8. The summed E-state index contributed by atoms with van der Waals surface area (Å²) in [5, 5.41) is 28.4. The molecule has 0 saturated carbocycles. The van der Waals surface area contributed by atoms with Crippen molar-refractivity contribution in [2.75, 3.05) is 19.8 Å². The highest BCUT2D eigenvalue weighted by atomic mass is 32.2. The van der Waals surface area contributed by atoms with Crippen molar-refractivity contribution in [2.45, 2.75) is 44.7 Å². The lowest BCUT2D eigenvalue weighted by Crippen LogP contribution is -2.59. The van der Waals surface area contributed by atoms with Crippen LogP contribution in [0.4, 0.5) is 0 Å². The summed E-state index contributed by atoms with van der Waals surface area (Å²) in [7, 11) is -4.70. The SMILES string of the molecule is CCC(CO)(CC(C)C)N(CCO)C(O)S(=O)(=O)O. The lowest BCUT2D eigenvalue weighted by atomic mass is 9.85. The highest BCUT2D eigenvalue weighted by Crippen LogP contribution is 2.30. The van der Waals surface area contributed by atoms with Crippen LogP contribution < -0.4 is 0 Å². The predicted molar refractivity (Wildman–Crippen MR) is 70.9 cm³/mol. The minimum atomic E-state index is -4.70. The Labute approximate surface area is 114 Å². The summed E-state index contributed by atoms with van der Waals surface area (Å²) in [6.45, 7) is 4.61. The van der Waals surface area contributed by atoms with Crippen LogP contribution in [0.5, 0.6) is 0 Å². The van der Waals surface area contributed by atoms with Crippen molar-refractivity contribution in [1.29, 1.82) is 0 Å². The minimum Gasteiger partial charge on any atom is -0.395 e. The molecule has 8 heteroatoms. The highest BCUT2D eigenvalue weighted by Gasteiger charge is 2.42. The molecule has 4 N–H and O–H groups in total. The van der Waals surface area contributed by atoms with Gasteiger partial charge in [0.1, 0.15) is 0 Å². The van der Waals surface area contributed by atoms with E-state index in [1.54, 1.807) is 6.92 Å². The van der Waals surface area contributed by atoms with Crippen molar-refractivity contribution < 1.29 is 28.3 Å². The molecule has 0 aliphatic carbocycles. The maximum Gasteiger partial charge on any atom is 0.306 e. The lowest BCUT2D eigenvalue weighted by molar-refractivity contribution is -0.0708. The summed E-state index contributed by atoms with van der Waals surface area (Å²) >= 11 is 0. The van der Waals surface area contributed by atoms with E-state index >= 15 is 0 Å². The molecule has 116 valence electrons. The maximum absolute atomic E-state index is 11.1. The van der Waals surface area contributed by atoms with Gasteiger partial charge in [-0.15, -0.1) is 0 Å². The van der Waals surface area contributed by atoms with Gasteiger partial charge in [0.2, 0.25) is 5.56 Å². The molecule has 19 heavy (non-hydrogen) atoms. The van der Waals surface area contributed by atoms with Crippen LogP contribution in [0.2, 0.25) is 0 Å². The van der Waals surface area contributed by atoms with E-state index in [9.17, 15) is 18.6 Å². The molecular weight excluding hydrogens is 274 g/mol. The third-order valence-corrected chi connectivity index (χ3v) is 4.01. The minimum absolute atomic E-state index is 0.141.